The number of rotatable bonds is 5. The third-order valence-corrected chi connectivity index (χ3v) is 4.09. The highest BCUT2D eigenvalue weighted by molar-refractivity contribution is 7.10. The average molecular weight is 308 g/mol. The number of likely N-dealkylation sites (N-methyl/N-ethyl adjacent to an activating group) is 1. The molecule has 1 fully saturated rings. The number of hydrogen-bond acceptors (Lipinski definition) is 4. The number of nitrogens with one attached hydrogen (secondary N) is 1. The molecule has 7 heteroatoms. The van der Waals surface area contributed by atoms with E-state index in [2.05, 4.69) is 5.32 Å². The predicted molar refractivity (Wildman–Crippen MR) is 78.6 cm³/mol. The zero-order valence-electron chi connectivity index (χ0n) is 11.5. The molecule has 1 aliphatic rings. The maximum atomic E-state index is 12.1. The normalized spacial score (nSPS) is 18.0. The molecule has 0 aliphatic carbocycles. The summed E-state index contributed by atoms with van der Waals surface area (Å²) in [4.78, 5) is 36.3. The molecular formula is C14H16N2O4S. The molecule has 6 nitrogen and oxygen atoms in total. The van der Waals surface area contributed by atoms with Gasteiger partial charge >= 0.3 is 5.97 Å². The van der Waals surface area contributed by atoms with E-state index >= 15 is 0 Å². The van der Waals surface area contributed by atoms with Gasteiger partial charge in [0.25, 0.3) is 0 Å². The second-order valence-corrected chi connectivity index (χ2v) is 5.87. The lowest BCUT2D eigenvalue weighted by atomic mass is 10.2. The highest BCUT2D eigenvalue weighted by atomic mass is 32.1. The molecule has 2 N–H and O–H groups in total. The maximum absolute atomic E-state index is 12.1. The Bertz CT molecular complexity index is 594. The summed E-state index contributed by atoms with van der Waals surface area (Å²) >= 11 is 1.46. The molecule has 0 spiro atoms. The van der Waals surface area contributed by atoms with Crippen LogP contribution in [0.4, 0.5) is 0 Å². The molecule has 0 radical (unpaired) electrons. The Morgan fingerprint density at radius 2 is 2.33 bits per heavy atom. The minimum absolute atomic E-state index is 0.0843. The van der Waals surface area contributed by atoms with E-state index in [9.17, 15) is 14.4 Å². The topological polar surface area (TPSA) is 86.7 Å². The van der Waals surface area contributed by atoms with Crippen LogP contribution >= 0.6 is 11.3 Å². The molecule has 1 unspecified atom stereocenters. The third-order valence-electron chi connectivity index (χ3n) is 3.16. The minimum atomic E-state index is -0.993. The van der Waals surface area contributed by atoms with Gasteiger partial charge in [-0.1, -0.05) is 0 Å². The summed E-state index contributed by atoms with van der Waals surface area (Å²) in [5.41, 5.74) is 0.799. The first-order valence-corrected chi connectivity index (χ1v) is 7.36. The van der Waals surface area contributed by atoms with E-state index in [1.807, 2.05) is 11.4 Å². The summed E-state index contributed by atoms with van der Waals surface area (Å²) in [5.74, 6) is -1.18. The number of amides is 2. The van der Waals surface area contributed by atoms with Gasteiger partial charge in [-0.25, -0.2) is 4.79 Å². The van der Waals surface area contributed by atoms with E-state index in [1.165, 1.54) is 17.4 Å². The first kappa shape index (κ1) is 15.2. The molecular weight excluding hydrogens is 292 g/mol. The number of carboxylic acid groups (broad SMARTS) is 1. The molecule has 1 aromatic rings. The van der Waals surface area contributed by atoms with Crippen molar-refractivity contribution in [2.45, 2.75) is 25.4 Å². The van der Waals surface area contributed by atoms with E-state index in [0.717, 1.165) is 16.5 Å². The molecule has 0 saturated carbocycles. The zero-order valence-corrected chi connectivity index (χ0v) is 12.4. The summed E-state index contributed by atoms with van der Waals surface area (Å²) in [5, 5.41) is 13.1. The van der Waals surface area contributed by atoms with Crippen molar-refractivity contribution in [2.75, 3.05) is 7.05 Å². The van der Waals surface area contributed by atoms with Crippen LogP contribution in [0.1, 0.15) is 23.3 Å². The fourth-order valence-corrected chi connectivity index (χ4v) is 3.02. The Morgan fingerprint density at radius 1 is 1.57 bits per heavy atom. The van der Waals surface area contributed by atoms with E-state index in [4.69, 9.17) is 5.11 Å². The molecule has 1 aromatic heterocycles. The summed E-state index contributed by atoms with van der Waals surface area (Å²) in [6.45, 7) is 0.441. The van der Waals surface area contributed by atoms with Crippen molar-refractivity contribution in [3.05, 3.63) is 28.0 Å². The summed E-state index contributed by atoms with van der Waals surface area (Å²) in [7, 11) is 1.69. The fourth-order valence-electron chi connectivity index (χ4n) is 2.11. The van der Waals surface area contributed by atoms with Crippen molar-refractivity contribution in [1.82, 2.24) is 10.2 Å². The van der Waals surface area contributed by atoms with Gasteiger partial charge in [-0.3, -0.25) is 9.59 Å². The van der Waals surface area contributed by atoms with Gasteiger partial charge in [-0.15, -0.1) is 11.3 Å². The van der Waals surface area contributed by atoms with Crippen molar-refractivity contribution >= 4 is 35.2 Å². The standard InChI is InChI=1S/C14H16N2O4S/c1-16(14(20)11-3-4-12(17)15-11)7-10-6-9(8-21-10)2-5-13(18)19/h2,5-6,8,11H,3-4,7H2,1H3,(H,15,17)(H,18,19). The van der Waals surface area contributed by atoms with Gasteiger partial charge in [0.05, 0.1) is 6.54 Å². The largest absolute Gasteiger partial charge is 0.478 e. The Kier molecular flexibility index (Phi) is 4.74. The number of carboxylic acids is 1. The van der Waals surface area contributed by atoms with E-state index < -0.39 is 12.0 Å². The summed E-state index contributed by atoms with van der Waals surface area (Å²) < 4.78 is 0. The van der Waals surface area contributed by atoms with E-state index in [-0.39, 0.29) is 11.8 Å². The Balaban J connectivity index is 1.93. The first-order chi connectivity index (χ1) is 9.95. The van der Waals surface area contributed by atoms with Gasteiger partial charge in [0.2, 0.25) is 11.8 Å². The molecule has 1 atom stereocenters. The molecule has 112 valence electrons. The van der Waals surface area contributed by atoms with Crippen LogP contribution in [0.5, 0.6) is 0 Å². The number of hydrogen-bond donors (Lipinski definition) is 2. The van der Waals surface area contributed by atoms with Gasteiger partial charge in [0.15, 0.2) is 0 Å². The summed E-state index contributed by atoms with van der Waals surface area (Å²) in [6, 6.07) is 1.43. The van der Waals surface area contributed by atoms with Gasteiger partial charge in [0.1, 0.15) is 6.04 Å². The van der Waals surface area contributed by atoms with Crippen LogP contribution < -0.4 is 5.32 Å². The number of carbonyl (C=O) groups is 3. The van der Waals surface area contributed by atoms with Crippen molar-refractivity contribution in [3.63, 3.8) is 0 Å². The van der Waals surface area contributed by atoms with Crippen LogP contribution in [0.3, 0.4) is 0 Å². The first-order valence-electron chi connectivity index (χ1n) is 6.48. The highest BCUT2D eigenvalue weighted by Gasteiger charge is 2.29. The smallest absolute Gasteiger partial charge is 0.328 e. The molecule has 1 saturated heterocycles. The Labute approximate surface area is 126 Å². The molecule has 1 aliphatic heterocycles. The summed E-state index contributed by atoms with van der Waals surface area (Å²) in [6.07, 6.45) is 3.53. The van der Waals surface area contributed by atoms with Crippen LogP contribution in [0.2, 0.25) is 0 Å². The maximum Gasteiger partial charge on any atom is 0.328 e. The highest BCUT2D eigenvalue weighted by Crippen LogP contribution is 2.19. The lowest BCUT2D eigenvalue weighted by molar-refractivity contribution is -0.133. The van der Waals surface area contributed by atoms with Gasteiger partial charge < -0.3 is 15.3 Å². The van der Waals surface area contributed by atoms with E-state index in [1.54, 1.807) is 11.9 Å². The van der Waals surface area contributed by atoms with Gasteiger partial charge in [-0.2, -0.15) is 0 Å². The minimum Gasteiger partial charge on any atom is -0.478 e. The van der Waals surface area contributed by atoms with Crippen LogP contribution in [0.15, 0.2) is 17.5 Å². The van der Waals surface area contributed by atoms with Gasteiger partial charge in [0, 0.05) is 24.4 Å². The van der Waals surface area contributed by atoms with Crippen molar-refractivity contribution < 1.29 is 19.5 Å². The molecule has 2 amide bonds. The van der Waals surface area contributed by atoms with Crippen LogP contribution in [0, 0.1) is 0 Å². The zero-order chi connectivity index (χ0) is 15.4. The number of thiophene rings is 1. The van der Waals surface area contributed by atoms with E-state index in [0.29, 0.717) is 19.4 Å². The molecule has 21 heavy (non-hydrogen) atoms. The molecule has 0 bridgehead atoms. The predicted octanol–water partition coefficient (Wildman–Crippen LogP) is 1.08. The number of aliphatic carboxylic acids is 1. The fraction of sp³-hybridized carbons (Fsp3) is 0.357. The van der Waals surface area contributed by atoms with Crippen LogP contribution in [-0.4, -0.2) is 40.9 Å². The lowest BCUT2D eigenvalue weighted by Crippen LogP contribution is -2.42. The van der Waals surface area contributed by atoms with Gasteiger partial charge in [-0.05, 0) is 29.5 Å². The number of carbonyl (C=O) groups excluding carboxylic acids is 2. The molecule has 2 heterocycles. The second kappa shape index (κ2) is 6.53. The average Bonchev–Trinajstić information content (AvgIpc) is 3.04. The Hall–Kier alpha value is -2.15. The monoisotopic (exact) mass is 308 g/mol. The van der Waals surface area contributed by atoms with Crippen LogP contribution in [0.25, 0.3) is 6.08 Å². The lowest BCUT2D eigenvalue weighted by Gasteiger charge is -2.20. The van der Waals surface area contributed by atoms with Crippen molar-refractivity contribution in [2.24, 2.45) is 0 Å². The SMILES string of the molecule is CN(Cc1cc(C=CC(=O)O)cs1)C(=O)C1CCC(=O)N1. The quantitative estimate of drug-likeness (QED) is 0.797. The van der Waals surface area contributed by atoms with Crippen LogP contribution in [-0.2, 0) is 20.9 Å². The molecule has 0 aromatic carbocycles. The van der Waals surface area contributed by atoms with Crippen molar-refractivity contribution in [3.8, 4) is 0 Å². The third kappa shape index (κ3) is 4.16. The molecule has 2 rings (SSSR count). The second-order valence-electron chi connectivity index (χ2n) is 4.87. The van der Waals surface area contributed by atoms with Crippen molar-refractivity contribution in [1.29, 1.82) is 0 Å². The number of nitrogens with zero attached hydrogens (tertiary/aromatic N) is 1. The Morgan fingerprint density at radius 3 is 2.95 bits per heavy atom.